The van der Waals surface area contributed by atoms with Crippen LogP contribution in [0.15, 0.2) is 0 Å². The summed E-state index contributed by atoms with van der Waals surface area (Å²) in [6.45, 7) is 1.72. The summed E-state index contributed by atoms with van der Waals surface area (Å²) >= 11 is 0. The number of cyclic esters (lactones) is 1. The summed E-state index contributed by atoms with van der Waals surface area (Å²) in [5, 5.41) is 3.19. The first-order valence-corrected chi connectivity index (χ1v) is 6.70. The van der Waals surface area contributed by atoms with E-state index >= 15 is 0 Å². The van der Waals surface area contributed by atoms with Crippen LogP contribution in [-0.4, -0.2) is 61.0 Å². The van der Waals surface area contributed by atoms with Crippen LogP contribution in [0.3, 0.4) is 0 Å². The Morgan fingerprint density at radius 3 is 2.60 bits per heavy atom. The number of halogens is 2. The molecule has 0 spiro atoms. The number of nitrogens with two attached hydrogens (primary N) is 1. The minimum Gasteiger partial charge on any atom is -0.456 e. The summed E-state index contributed by atoms with van der Waals surface area (Å²) in [5.74, 6) is -5.41. The van der Waals surface area contributed by atoms with Crippen LogP contribution in [0.25, 0.3) is 0 Å². The first-order chi connectivity index (χ1) is 9.38. The van der Waals surface area contributed by atoms with Crippen molar-refractivity contribution in [2.24, 2.45) is 5.73 Å². The second-order valence-electron chi connectivity index (χ2n) is 5.31. The molecule has 0 aromatic heterocycles. The first-order valence-electron chi connectivity index (χ1n) is 6.70. The summed E-state index contributed by atoms with van der Waals surface area (Å²) in [5.41, 5.74) is 5.20. The number of primary amides is 1. The lowest BCUT2D eigenvalue weighted by atomic mass is 10.0. The number of hydrogen-bond acceptors (Lipinski definition) is 5. The number of nitrogens with one attached hydrogen (secondary N) is 1. The Bertz CT molecular complexity index is 386. The van der Waals surface area contributed by atoms with Gasteiger partial charge >= 0.3 is 11.9 Å². The molecule has 2 rings (SSSR count). The maximum absolute atomic E-state index is 13.1. The number of amides is 1. The number of piperidine rings is 1. The number of rotatable bonds is 5. The molecular weight excluding hydrogens is 272 g/mol. The van der Waals surface area contributed by atoms with E-state index in [0.717, 1.165) is 25.9 Å². The predicted octanol–water partition coefficient (Wildman–Crippen LogP) is -0.523. The van der Waals surface area contributed by atoms with Crippen molar-refractivity contribution < 1.29 is 23.1 Å². The van der Waals surface area contributed by atoms with Gasteiger partial charge in [-0.05, 0) is 25.9 Å². The Kier molecular flexibility index (Phi) is 4.54. The lowest BCUT2D eigenvalue weighted by Crippen LogP contribution is -2.49. The fourth-order valence-electron chi connectivity index (χ4n) is 2.73. The lowest BCUT2D eigenvalue weighted by Gasteiger charge is -2.34. The average Bonchev–Trinajstić information content (AvgIpc) is 2.62. The van der Waals surface area contributed by atoms with E-state index in [1.165, 1.54) is 0 Å². The number of hydrogen-bond donors (Lipinski definition) is 2. The molecule has 2 aliphatic rings. The van der Waals surface area contributed by atoms with Gasteiger partial charge in [-0.15, -0.1) is 0 Å². The van der Waals surface area contributed by atoms with Crippen LogP contribution < -0.4 is 11.1 Å². The van der Waals surface area contributed by atoms with Gasteiger partial charge in [-0.25, -0.2) is 4.79 Å². The molecule has 1 amide bonds. The van der Waals surface area contributed by atoms with E-state index in [1.807, 2.05) is 0 Å². The molecule has 2 aliphatic heterocycles. The molecule has 1 unspecified atom stereocenters. The summed E-state index contributed by atoms with van der Waals surface area (Å²) in [7, 11) is 0. The zero-order valence-electron chi connectivity index (χ0n) is 11.1. The molecule has 0 bridgehead atoms. The number of ether oxygens (including phenoxy) is 1. The number of esters is 1. The maximum Gasteiger partial charge on any atom is 0.377 e. The SMILES string of the molecule is NC(=O)CN(CC1CC(F)(F)C(=O)O1)C1CCNCC1. The topological polar surface area (TPSA) is 84.7 Å². The van der Waals surface area contributed by atoms with E-state index in [4.69, 9.17) is 5.73 Å². The van der Waals surface area contributed by atoms with Gasteiger partial charge in [0.15, 0.2) is 0 Å². The average molecular weight is 291 g/mol. The van der Waals surface area contributed by atoms with Gasteiger partial charge in [-0.3, -0.25) is 9.69 Å². The molecule has 2 saturated heterocycles. The highest BCUT2D eigenvalue weighted by atomic mass is 19.3. The van der Waals surface area contributed by atoms with Gasteiger partial charge in [-0.1, -0.05) is 0 Å². The molecule has 0 saturated carbocycles. The first kappa shape index (κ1) is 15.1. The third-order valence-electron chi connectivity index (χ3n) is 3.68. The molecule has 1 atom stereocenters. The minimum atomic E-state index is -3.42. The summed E-state index contributed by atoms with van der Waals surface area (Å²) in [6.07, 6.45) is 0.104. The molecule has 20 heavy (non-hydrogen) atoms. The molecular formula is C12H19F2N3O3. The van der Waals surface area contributed by atoms with Crippen molar-refractivity contribution in [3.63, 3.8) is 0 Å². The van der Waals surface area contributed by atoms with E-state index in [9.17, 15) is 18.4 Å². The van der Waals surface area contributed by atoms with Gasteiger partial charge in [0.1, 0.15) is 6.10 Å². The number of carbonyl (C=O) groups is 2. The number of nitrogens with zero attached hydrogens (tertiary/aromatic N) is 1. The van der Waals surface area contributed by atoms with Crippen LogP contribution in [-0.2, 0) is 14.3 Å². The van der Waals surface area contributed by atoms with Crippen molar-refractivity contribution >= 4 is 11.9 Å². The Morgan fingerprint density at radius 2 is 2.10 bits per heavy atom. The smallest absolute Gasteiger partial charge is 0.377 e. The highest BCUT2D eigenvalue weighted by Crippen LogP contribution is 2.31. The fourth-order valence-corrected chi connectivity index (χ4v) is 2.73. The standard InChI is InChI=1S/C12H19F2N3O3/c13-12(14)5-9(20-11(12)19)6-17(7-10(15)18)8-1-3-16-4-2-8/h8-9,16H,1-7H2,(H2,15,18). The maximum atomic E-state index is 13.1. The molecule has 6 nitrogen and oxygen atoms in total. The molecule has 2 heterocycles. The molecule has 0 aromatic carbocycles. The normalized spacial score (nSPS) is 26.8. The quantitative estimate of drug-likeness (QED) is 0.666. The van der Waals surface area contributed by atoms with Crippen molar-refractivity contribution in [3.05, 3.63) is 0 Å². The van der Waals surface area contributed by atoms with E-state index in [1.54, 1.807) is 4.90 Å². The Labute approximate surface area is 115 Å². The largest absolute Gasteiger partial charge is 0.456 e. The van der Waals surface area contributed by atoms with Gasteiger partial charge in [-0.2, -0.15) is 8.78 Å². The predicted molar refractivity (Wildman–Crippen MR) is 66.1 cm³/mol. The van der Waals surface area contributed by atoms with Crippen LogP contribution >= 0.6 is 0 Å². The summed E-state index contributed by atoms with van der Waals surface area (Å²) in [6, 6.07) is 0.0941. The second kappa shape index (κ2) is 6.01. The van der Waals surface area contributed by atoms with Crippen LogP contribution in [0.1, 0.15) is 19.3 Å². The molecule has 8 heteroatoms. The molecule has 2 fully saturated rings. The van der Waals surface area contributed by atoms with Crippen LogP contribution in [0.4, 0.5) is 8.78 Å². The van der Waals surface area contributed by atoms with E-state index in [0.29, 0.717) is 0 Å². The van der Waals surface area contributed by atoms with Crippen molar-refractivity contribution in [1.82, 2.24) is 10.2 Å². The highest BCUT2D eigenvalue weighted by molar-refractivity contribution is 5.79. The molecule has 114 valence electrons. The van der Waals surface area contributed by atoms with Crippen molar-refractivity contribution in [1.29, 1.82) is 0 Å². The third-order valence-corrected chi connectivity index (χ3v) is 3.68. The zero-order valence-corrected chi connectivity index (χ0v) is 11.1. The molecule has 3 N–H and O–H groups in total. The molecule has 0 aromatic rings. The zero-order chi connectivity index (χ0) is 14.8. The third kappa shape index (κ3) is 3.63. The molecule has 0 aliphatic carbocycles. The molecule has 0 radical (unpaired) electrons. The van der Waals surface area contributed by atoms with E-state index in [-0.39, 0.29) is 19.1 Å². The van der Waals surface area contributed by atoms with E-state index in [2.05, 4.69) is 10.1 Å². The Morgan fingerprint density at radius 1 is 1.45 bits per heavy atom. The highest BCUT2D eigenvalue weighted by Gasteiger charge is 2.51. The van der Waals surface area contributed by atoms with Crippen molar-refractivity contribution in [2.45, 2.75) is 37.3 Å². The van der Waals surface area contributed by atoms with Gasteiger partial charge in [0, 0.05) is 12.6 Å². The fraction of sp³-hybridized carbons (Fsp3) is 0.833. The summed E-state index contributed by atoms with van der Waals surface area (Å²) in [4.78, 5) is 23.9. The van der Waals surface area contributed by atoms with Crippen LogP contribution in [0.2, 0.25) is 0 Å². The van der Waals surface area contributed by atoms with Crippen LogP contribution in [0, 0.1) is 0 Å². The lowest BCUT2D eigenvalue weighted by molar-refractivity contribution is -0.159. The van der Waals surface area contributed by atoms with Gasteiger partial charge in [0.05, 0.1) is 13.0 Å². The summed E-state index contributed by atoms with van der Waals surface area (Å²) < 4.78 is 31.0. The van der Waals surface area contributed by atoms with Crippen molar-refractivity contribution in [2.75, 3.05) is 26.2 Å². The van der Waals surface area contributed by atoms with Gasteiger partial charge < -0.3 is 15.8 Å². The van der Waals surface area contributed by atoms with E-state index < -0.39 is 30.3 Å². The Hall–Kier alpha value is -1.28. The van der Waals surface area contributed by atoms with Crippen molar-refractivity contribution in [3.8, 4) is 0 Å². The number of alkyl halides is 2. The monoisotopic (exact) mass is 291 g/mol. The van der Waals surface area contributed by atoms with Gasteiger partial charge in [0.25, 0.3) is 0 Å². The second-order valence-corrected chi connectivity index (χ2v) is 5.31. The van der Waals surface area contributed by atoms with Crippen LogP contribution in [0.5, 0.6) is 0 Å². The number of carbonyl (C=O) groups excluding carboxylic acids is 2. The minimum absolute atomic E-state index is 0.00963. The van der Waals surface area contributed by atoms with Gasteiger partial charge in [0.2, 0.25) is 5.91 Å². The Balaban J connectivity index is 1.97.